The van der Waals surface area contributed by atoms with Gasteiger partial charge in [-0.15, -0.1) is 0 Å². The first-order chi connectivity index (χ1) is 28.0. The van der Waals surface area contributed by atoms with Crippen LogP contribution in [0.4, 0.5) is 0 Å². The molecule has 0 radical (unpaired) electrons. The van der Waals surface area contributed by atoms with Crippen molar-refractivity contribution in [2.24, 2.45) is 0 Å². The summed E-state index contributed by atoms with van der Waals surface area (Å²) in [6.07, 6.45) is 0. The summed E-state index contributed by atoms with van der Waals surface area (Å²) in [5.74, 6) is 0. The average molecular weight is 729 g/mol. The summed E-state index contributed by atoms with van der Waals surface area (Å²) in [6, 6.07) is 65.6. The van der Waals surface area contributed by atoms with Crippen LogP contribution in [-0.4, -0.2) is 19.1 Å². The molecule has 4 nitrogen and oxygen atoms in total. The molecule has 0 amide bonds. The molecule has 12 rings (SSSR count). The number of hydrogen-bond acceptors (Lipinski definition) is 2. The van der Waals surface area contributed by atoms with Gasteiger partial charge in [0, 0.05) is 43.8 Å². The fourth-order valence-corrected chi connectivity index (χ4v) is 9.76. The Balaban J connectivity index is 1.12. The molecule has 3 heterocycles. The van der Waals surface area contributed by atoms with Crippen molar-refractivity contribution in [3.05, 3.63) is 193 Å². The highest BCUT2D eigenvalue weighted by Gasteiger charge is 2.38. The first-order valence-electron chi connectivity index (χ1n) is 19.7. The molecule has 1 aliphatic rings. The first-order valence-corrected chi connectivity index (χ1v) is 19.7. The van der Waals surface area contributed by atoms with Crippen LogP contribution in [0.3, 0.4) is 0 Å². The minimum Gasteiger partial charge on any atom is -0.309 e. The fourth-order valence-electron chi connectivity index (χ4n) is 9.76. The van der Waals surface area contributed by atoms with Crippen molar-refractivity contribution in [3.8, 4) is 45.0 Å². The van der Waals surface area contributed by atoms with Crippen molar-refractivity contribution in [1.29, 1.82) is 0 Å². The van der Waals surface area contributed by atoms with Gasteiger partial charge in [-0.2, -0.15) is 0 Å². The van der Waals surface area contributed by atoms with Crippen LogP contribution in [0.15, 0.2) is 182 Å². The molecule has 3 aromatic heterocycles. The third-order valence-electron chi connectivity index (χ3n) is 12.3. The second kappa shape index (κ2) is 11.8. The molecule has 11 aromatic rings. The lowest BCUT2D eigenvalue weighted by Crippen LogP contribution is -2.18. The van der Waals surface area contributed by atoms with Gasteiger partial charge in [-0.3, -0.25) is 0 Å². The lowest BCUT2D eigenvalue weighted by Gasteiger charge is -2.25. The van der Waals surface area contributed by atoms with Crippen LogP contribution in [0, 0.1) is 0 Å². The van der Waals surface area contributed by atoms with E-state index in [1.807, 2.05) is 30.3 Å². The van der Waals surface area contributed by atoms with E-state index >= 15 is 0 Å². The third kappa shape index (κ3) is 4.55. The van der Waals surface area contributed by atoms with Gasteiger partial charge in [0.2, 0.25) is 0 Å². The van der Waals surface area contributed by atoms with Gasteiger partial charge in [-0.05, 0) is 76.9 Å². The molecule has 0 spiro atoms. The van der Waals surface area contributed by atoms with Crippen molar-refractivity contribution in [1.82, 2.24) is 19.1 Å². The Bertz CT molecular complexity index is 3440. The molecular weight excluding hydrogens is 693 g/mol. The topological polar surface area (TPSA) is 35.6 Å². The second-order valence-electron chi connectivity index (χ2n) is 15.8. The predicted molar refractivity (Wildman–Crippen MR) is 237 cm³/mol. The Morgan fingerprint density at radius 2 is 0.947 bits per heavy atom. The van der Waals surface area contributed by atoms with Crippen molar-refractivity contribution in [3.63, 3.8) is 0 Å². The van der Waals surface area contributed by atoms with E-state index in [9.17, 15) is 0 Å². The van der Waals surface area contributed by atoms with Gasteiger partial charge < -0.3 is 9.13 Å². The summed E-state index contributed by atoms with van der Waals surface area (Å²) in [4.78, 5) is 10.4. The highest BCUT2D eigenvalue weighted by molar-refractivity contribution is 6.19. The molecule has 0 saturated heterocycles. The SMILES string of the molecule is CC1(C)c2ccccc2-c2cccc(-n3c4ccccc4c4cc5c(cc43)c3ccccc3n5-c3cccc(-c4nc5ccccc5nc4-c4ccccc4)c3)c21. The van der Waals surface area contributed by atoms with Gasteiger partial charge in [0.1, 0.15) is 0 Å². The lowest BCUT2D eigenvalue weighted by molar-refractivity contribution is 0.656. The zero-order valence-electron chi connectivity index (χ0n) is 31.6. The third-order valence-corrected chi connectivity index (χ3v) is 12.3. The van der Waals surface area contributed by atoms with E-state index in [1.165, 1.54) is 71.6 Å². The summed E-state index contributed by atoms with van der Waals surface area (Å²) >= 11 is 0. The van der Waals surface area contributed by atoms with Crippen LogP contribution >= 0.6 is 0 Å². The van der Waals surface area contributed by atoms with Crippen LogP contribution in [0.25, 0.3) is 99.7 Å². The van der Waals surface area contributed by atoms with Crippen LogP contribution < -0.4 is 0 Å². The fraction of sp³-hybridized carbons (Fsp3) is 0.0566. The maximum atomic E-state index is 5.25. The molecule has 0 N–H and O–H groups in total. The predicted octanol–water partition coefficient (Wildman–Crippen LogP) is 13.5. The number of hydrogen-bond donors (Lipinski definition) is 0. The highest BCUT2D eigenvalue weighted by atomic mass is 15.0. The minimum absolute atomic E-state index is 0.152. The number of aromatic nitrogens is 4. The summed E-state index contributed by atoms with van der Waals surface area (Å²) < 4.78 is 4.95. The Hall–Kier alpha value is -7.30. The molecule has 8 aromatic carbocycles. The monoisotopic (exact) mass is 728 g/mol. The molecule has 0 saturated carbocycles. The van der Waals surface area contributed by atoms with Gasteiger partial charge in [0.15, 0.2) is 0 Å². The Labute approximate surface area is 329 Å². The molecule has 0 unspecified atom stereocenters. The number of para-hydroxylation sites is 4. The summed E-state index contributed by atoms with van der Waals surface area (Å²) in [6.45, 7) is 4.75. The largest absolute Gasteiger partial charge is 0.309 e. The van der Waals surface area contributed by atoms with E-state index in [4.69, 9.17) is 9.97 Å². The van der Waals surface area contributed by atoms with Gasteiger partial charge in [0.05, 0.1) is 50.2 Å². The van der Waals surface area contributed by atoms with Gasteiger partial charge in [0.25, 0.3) is 0 Å². The van der Waals surface area contributed by atoms with Crippen molar-refractivity contribution in [2.45, 2.75) is 19.3 Å². The summed E-state index contributed by atoms with van der Waals surface area (Å²) in [7, 11) is 0. The molecular formula is C53H36N4. The number of fused-ring (bicyclic) bond motifs is 10. The van der Waals surface area contributed by atoms with E-state index in [0.717, 1.165) is 39.2 Å². The Kier molecular flexibility index (Phi) is 6.65. The second-order valence-corrected chi connectivity index (χ2v) is 15.8. The Morgan fingerprint density at radius 3 is 1.68 bits per heavy atom. The van der Waals surface area contributed by atoms with Crippen LogP contribution in [0.2, 0.25) is 0 Å². The van der Waals surface area contributed by atoms with Crippen LogP contribution in [-0.2, 0) is 5.41 Å². The number of rotatable bonds is 4. The number of benzene rings is 8. The zero-order valence-corrected chi connectivity index (χ0v) is 31.6. The molecule has 0 aliphatic heterocycles. The van der Waals surface area contributed by atoms with E-state index in [-0.39, 0.29) is 5.41 Å². The molecule has 1 aliphatic carbocycles. The molecule has 0 atom stereocenters. The maximum absolute atomic E-state index is 5.25. The van der Waals surface area contributed by atoms with Crippen LogP contribution in [0.1, 0.15) is 25.0 Å². The first kappa shape index (κ1) is 32.0. The maximum Gasteiger partial charge on any atom is 0.0973 e. The molecule has 57 heavy (non-hydrogen) atoms. The molecule has 268 valence electrons. The van der Waals surface area contributed by atoms with Crippen LogP contribution in [0.5, 0.6) is 0 Å². The van der Waals surface area contributed by atoms with Crippen molar-refractivity contribution >= 4 is 54.6 Å². The van der Waals surface area contributed by atoms with Gasteiger partial charge in [-0.1, -0.05) is 141 Å². The zero-order chi connectivity index (χ0) is 37.8. The van der Waals surface area contributed by atoms with Gasteiger partial charge in [-0.25, -0.2) is 9.97 Å². The molecule has 0 bridgehead atoms. The van der Waals surface area contributed by atoms with E-state index in [1.54, 1.807) is 0 Å². The smallest absolute Gasteiger partial charge is 0.0973 e. The standard InChI is InChI=1S/C53H36N4/c1-53(2)42-24-9-6-20-36(42)39-23-15-29-47(50(39)53)57-46-28-13-8-22-38(46)41-31-48-40(32-49(41)57)37-21-7-12-27-45(37)56(48)35-19-14-18-34(30-35)52-51(33-16-4-3-5-17-33)54-43-25-10-11-26-44(43)55-52/h3-32H,1-2H3. The summed E-state index contributed by atoms with van der Waals surface area (Å²) in [5.41, 5.74) is 17.9. The summed E-state index contributed by atoms with van der Waals surface area (Å²) in [5, 5.41) is 4.91. The quantitative estimate of drug-likeness (QED) is 0.181. The highest BCUT2D eigenvalue weighted by Crippen LogP contribution is 2.52. The Morgan fingerprint density at radius 1 is 0.404 bits per heavy atom. The minimum atomic E-state index is -0.152. The normalized spacial score (nSPS) is 13.2. The molecule has 0 fully saturated rings. The van der Waals surface area contributed by atoms with E-state index < -0.39 is 0 Å². The number of nitrogens with zero attached hydrogens (tertiary/aromatic N) is 4. The van der Waals surface area contributed by atoms with Crippen molar-refractivity contribution in [2.75, 3.05) is 0 Å². The lowest BCUT2D eigenvalue weighted by atomic mass is 9.81. The molecule has 4 heteroatoms. The van der Waals surface area contributed by atoms with E-state index in [0.29, 0.717) is 0 Å². The average Bonchev–Trinajstić information content (AvgIpc) is 3.85. The van der Waals surface area contributed by atoms with E-state index in [2.05, 4.69) is 175 Å². The van der Waals surface area contributed by atoms with Crippen molar-refractivity contribution < 1.29 is 0 Å². The van der Waals surface area contributed by atoms with Gasteiger partial charge >= 0.3 is 0 Å².